The molecule has 8 atom stereocenters. The molecule has 6 aromatic rings. The fourth-order valence-electron chi connectivity index (χ4n) is 8.28. The number of benzene rings is 3. The maximum atomic E-state index is 13.7. The number of fused-ring (bicyclic) bond motifs is 2. The Kier molecular flexibility index (Phi) is 14.0. The van der Waals surface area contributed by atoms with Crippen LogP contribution < -0.4 is 20.3 Å². The van der Waals surface area contributed by atoms with E-state index in [-0.39, 0.29) is 47.4 Å². The molecule has 0 radical (unpaired) electrons. The number of carboxylic acids is 1. The van der Waals surface area contributed by atoms with Crippen LogP contribution in [-0.4, -0.2) is 137 Å². The Morgan fingerprint density at radius 3 is 2.39 bits per heavy atom. The molecule has 0 amide bonds. The fraction of sp³-hybridized carbons (Fsp3) is 0.348. The number of rotatable bonds is 19. The number of phenols is 1. The van der Waals surface area contributed by atoms with Gasteiger partial charge in [0, 0.05) is 42.8 Å². The van der Waals surface area contributed by atoms with E-state index >= 15 is 0 Å². The van der Waals surface area contributed by atoms with Crippen LogP contribution in [0.25, 0.3) is 44.3 Å². The number of H-pyrrole nitrogens is 1. The lowest BCUT2D eigenvalue weighted by molar-refractivity contribution is -0.398. The third-order valence-electron chi connectivity index (χ3n) is 11.5. The molecule has 0 bridgehead atoms. The molecule has 20 nitrogen and oxygen atoms in total. The molecule has 0 saturated carbocycles. The first-order chi connectivity index (χ1) is 31.5. The number of aliphatic hydroxyl groups excluding tert-OH is 4. The Morgan fingerprint density at radius 2 is 1.73 bits per heavy atom. The van der Waals surface area contributed by atoms with Crippen molar-refractivity contribution in [3.05, 3.63) is 107 Å². The van der Waals surface area contributed by atoms with E-state index in [1.807, 2.05) is 32.0 Å². The summed E-state index contributed by atoms with van der Waals surface area (Å²) in [6.45, 7) is 1.42. The minimum Gasteiger partial charge on any atom is -0.508 e. The standard InChI is InChI=1S/C46H49N3O17/c1-24-17-25(2)19-28(18-24)37-35-27(12-14-48-35)21-49(37)66-40-44(63-30-10-11-31-33(20-30)62-22-32(38(31)55)26-6-8-29(53)9-7-26)64-39(45(60,23-52)46(40,61)34(54)5-3-15-50)43(59)65-42(58)36(41(56)57)47-13-4-16-51/h6-12,14,16-22,34,36,39-40,43-44,47-48,50,52-54,59-61H,3-5,13,15,23H2,1-2H3,(H,56,57)/t34-,36-,39+,40-,43+,44+,45+,46+/m1/s1. The summed E-state index contributed by atoms with van der Waals surface area (Å²) in [6, 6.07) is 15.0. The summed E-state index contributed by atoms with van der Waals surface area (Å²) in [7, 11) is 0. The highest BCUT2D eigenvalue weighted by atomic mass is 16.8. The summed E-state index contributed by atoms with van der Waals surface area (Å²) >= 11 is 0. The Hall–Kier alpha value is -6.62. The van der Waals surface area contributed by atoms with Crippen LogP contribution in [0.2, 0.25) is 0 Å². The molecule has 1 aliphatic heterocycles. The van der Waals surface area contributed by atoms with Gasteiger partial charge in [-0.3, -0.25) is 10.1 Å². The summed E-state index contributed by atoms with van der Waals surface area (Å²) in [5, 5.41) is 92.5. The first kappa shape index (κ1) is 47.3. The molecule has 66 heavy (non-hydrogen) atoms. The van der Waals surface area contributed by atoms with E-state index in [1.165, 1.54) is 59.7 Å². The van der Waals surface area contributed by atoms with E-state index in [1.54, 1.807) is 12.3 Å². The number of nitrogens with one attached hydrogen (secondary N) is 2. The zero-order valence-electron chi connectivity index (χ0n) is 35.6. The number of hydrogen-bond acceptors (Lipinski definition) is 17. The minimum atomic E-state index is -3.27. The maximum Gasteiger partial charge on any atom is 0.337 e. The minimum absolute atomic E-state index is 0.0116. The molecule has 20 heteroatoms. The molecular formula is C46H49N3O17. The topological polar surface area (TPSA) is 313 Å². The van der Waals surface area contributed by atoms with Crippen molar-refractivity contribution >= 4 is 40.1 Å². The van der Waals surface area contributed by atoms with Gasteiger partial charge in [-0.15, -0.1) is 0 Å². The lowest BCUT2D eigenvalue weighted by atomic mass is 9.68. The number of phenolic OH excluding ortho intramolecular Hbond substituents is 1. The summed E-state index contributed by atoms with van der Waals surface area (Å²) < 4.78 is 24.6. The number of carbonyl (C=O) groups excluding carboxylic acids is 2. The number of carbonyl (C=O) groups is 3. The van der Waals surface area contributed by atoms with Crippen molar-refractivity contribution in [2.75, 3.05) is 19.8 Å². The second-order valence-electron chi connectivity index (χ2n) is 16.0. The predicted octanol–water partition coefficient (Wildman–Crippen LogP) is 1.41. The molecule has 3 aromatic carbocycles. The average Bonchev–Trinajstić information content (AvgIpc) is 3.88. The van der Waals surface area contributed by atoms with Gasteiger partial charge < -0.3 is 74.1 Å². The molecule has 1 aliphatic rings. The molecule has 0 unspecified atom stereocenters. The molecule has 10 N–H and O–H groups in total. The van der Waals surface area contributed by atoms with Crippen molar-refractivity contribution in [3.63, 3.8) is 0 Å². The highest BCUT2D eigenvalue weighted by Gasteiger charge is 2.72. The Morgan fingerprint density at radius 1 is 1.00 bits per heavy atom. The average molecular weight is 916 g/mol. The number of aldehydes is 1. The summed E-state index contributed by atoms with van der Waals surface area (Å²) in [4.78, 5) is 59.6. The molecule has 4 heterocycles. The predicted molar refractivity (Wildman–Crippen MR) is 232 cm³/mol. The zero-order valence-corrected chi connectivity index (χ0v) is 35.6. The number of aryl methyl sites for hydroxylation is 2. The van der Waals surface area contributed by atoms with Crippen molar-refractivity contribution in [3.8, 4) is 33.9 Å². The second-order valence-corrected chi connectivity index (χ2v) is 16.0. The van der Waals surface area contributed by atoms with Gasteiger partial charge >= 0.3 is 11.9 Å². The number of aromatic amines is 1. The third-order valence-corrected chi connectivity index (χ3v) is 11.5. The summed E-state index contributed by atoms with van der Waals surface area (Å²) in [6.07, 6.45) is -7.59. The number of esters is 1. The van der Waals surface area contributed by atoms with Crippen LogP contribution >= 0.6 is 0 Å². The Bertz CT molecular complexity index is 2750. The van der Waals surface area contributed by atoms with Gasteiger partial charge in [0.15, 0.2) is 22.7 Å². The largest absolute Gasteiger partial charge is 0.508 e. The zero-order chi connectivity index (χ0) is 47.5. The van der Waals surface area contributed by atoms with Gasteiger partial charge in [0.2, 0.25) is 24.7 Å². The van der Waals surface area contributed by atoms with Crippen LogP contribution in [0.5, 0.6) is 11.5 Å². The van der Waals surface area contributed by atoms with Crippen molar-refractivity contribution in [1.29, 1.82) is 0 Å². The monoisotopic (exact) mass is 915 g/mol. The molecule has 1 saturated heterocycles. The van der Waals surface area contributed by atoms with Crippen LogP contribution in [0.15, 0.2) is 94.6 Å². The van der Waals surface area contributed by atoms with Gasteiger partial charge in [-0.2, -0.15) is 4.73 Å². The number of aromatic nitrogens is 2. The van der Waals surface area contributed by atoms with Gasteiger partial charge in [0.1, 0.15) is 35.3 Å². The Labute approximate surface area is 374 Å². The first-order valence-corrected chi connectivity index (χ1v) is 20.8. The number of aliphatic carboxylic acids is 1. The van der Waals surface area contributed by atoms with Crippen LogP contribution in [0.1, 0.15) is 30.4 Å². The van der Waals surface area contributed by atoms with E-state index in [9.17, 15) is 60.0 Å². The molecular weight excluding hydrogens is 867 g/mol. The maximum absolute atomic E-state index is 13.7. The number of hydrogen-bond donors (Lipinski definition) is 10. The quantitative estimate of drug-likeness (QED) is 0.0181. The number of carboxylic acid groups (broad SMARTS) is 1. The summed E-state index contributed by atoms with van der Waals surface area (Å²) in [5.74, 6) is -3.57. The van der Waals surface area contributed by atoms with Gasteiger partial charge in [-0.25, -0.2) is 9.59 Å². The SMILES string of the molecule is Cc1cc(C)cc(-c2c3[nH]ccc3cn2O[C@@H]2[C@@H](Oc3ccc4c(=O)c(-c5ccc(O)cc5)coc4c3)O[C@@H]([C@@H](O)OC(=O)[C@H](NCCC=O)C(=O)O)[C@@](O)(CO)[C@]2(O)[C@H](O)CCCO)c1. The van der Waals surface area contributed by atoms with E-state index < -0.39 is 85.1 Å². The molecule has 350 valence electrons. The summed E-state index contributed by atoms with van der Waals surface area (Å²) in [5.41, 5.74) is -3.02. The lowest BCUT2D eigenvalue weighted by Crippen LogP contribution is -2.83. The van der Waals surface area contributed by atoms with E-state index in [2.05, 4.69) is 10.3 Å². The highest BCUT2D eigenvalue weighted by molar-refractivity contribution is 5.98. The molecule has 0 spiro atoms. The first-order valence-electron chi connectivity index (χ1n) is 20.8. The van der Waals surface area contributed by atoms with Crippen LogP contribution in [0.4, 0.5) is 0 Å². The highest BCUT2D eigenvalue weighted by Crippen LogP contribution is 2.45. The van der Waals surface area contributed by atoms with Gasteiger partial charge in [0.25, 0.3) is 0 Å². The van der Waals surface area contributed by atoms with Crippen molar-refractivity contribution in [1.82, 2.24) is 15.0 Å². The normalized spacial score (nSPS) is 22.2. The molecule has 3 aromatic heterocycles. The smallest absolute Gasteiger partial charge is 0.337 e. The number of nitrogens with zero attached hydrogens (tertiary/aromatic N) is 1. The van der Waals surface area contributed by atoms with Crippen LogP contribution in [-0.2, 0) is 23.9 Å². The number of aromatic hydroxyl groups is 1. The number of ether oxygens (including phenoxy) is 3. The van der Waals surface area contributed by atoms with Crippen molar-refractivity contribution in [2.45, 2.75) is 81.2 Å². The third kappa shape index (κ3) is 9.00. The van der Waals surface area contributed by atoms with Gasteiger partial charge in [0.05, 0.1) is 35.4 Å². The van der Waals surface area contributed by atoms with E-state index in [4.69, 9.17) is 23.5 Å². The fourth-order valence-corrected chi connectivity index (χ4v) is 8.28. The molecule has 1 fully saturated rings. The number of aliphatic hydroxyl groups is 6. The second kappa shape index (κ2) is 19.5. The molecule has 7 rings (SSSR count). The van der Waals surface area contributed by atoms with Crippen LogP contribution in [0.3, 0.4) is 0 Å². The lowest BCUT2D eigenvalue weighted by Gasteiger charge is -2.57. The van der Waals surface area contributed by atoms with E-state index in [0.29, 0.717) is 34.0 Å². The molecule has 0 aliphatic carbocycles. The van der Waals surface area contributed by atoms with Gasteiger partial charge in [-0.05, 0) is 74.7 Å². The van der Waals surface area contributed by atoms with Crippen molar-refractivity contribution < 1.29 is 78.7 Å². The Balaban J connectivity index is 1.37. The van der Waals surface area contributed by atoms with Gasteiger partial charge in [-0.1, -0.05) is 29.3 Å². The van der Waals surface area contributed by atoms with Crippen LogP contribution in [0, 0.1) is 13.8 Å². The van der Waals surface area contributed by atoms with E-state index in [0.717, 1.165) is 11.1 Å². The van der Waals surface area contributed by atoms with Crippen molar-refractivity contribution in [2.24, 2.45) is 0 Å².